The number of aliphatic hydroxyl groups is 7. The van der Waals surface area contributed by atoms with Crippen LogP contribution in [0.4, 0.5) is 0 Å². The molecule has 0 amide bonds. The quantitative estimate of drug-likeness (QED) is 0.177. The Hall–Kier alpha value is -2.57. The summed E-state index contributed by atoms with van der Waals surface area (Å²) < 4.78 is 33.5. The molecule has 13 atom stereocenters. The van der Waals surface area contributed by atoms with E-state index in [4.69, 9.17) is 28.4 Å². The standard InChI is InChI=1S/C28H38O15/c1-10-21(32)23(34)25(36)27(40-10)39-9-19-22(33)24(35)26(37)28(43-19)41-12-6-14(30)20-15(31)8-17(42-18(20)7-12)11-3-4-16(38-2)13(29)5-11/h5-7,10-11,16-17,19,21-30,32-37H,3-4,8-9H2,1-2H3/t10-,11+,16+,17-,19+,21-,22+,23+,24-,25+,26+,27+,28+/m1/s1. The van der Waals surface area contributed by atoms with Gasteiger partial charge in [-0.1, -0.05) is 0 Å². The van der Waals surface area contributed by atoms with E-state index in [1.807, 2.05) is 0 Å². The first-order chi connectivity index (χ1) is 20.4. The van der Waals surface area contributed by atoms with Gasteiger partial charge < -0.3 is 69.3 Å². The first-order valence-corrected chi connectivity index (χ1v) is 14.1. The molecular formula is C28H38O15. The average molecular weight is 615 g/mol. The summed E-state index contributed by atoms with van der Waals surface area (Å²) in [5, 5.41) is 82.4. The van der Waals surface area contributed by atoms with E-state index in [9.17, 15) is 45.6 Å². The van der Waals surface area contributed by atoms with Crippen molar-refractivity contribution in [1.82, 2.24) is 0 Å². The lowest BCUT2D eigenvalue weighted by Gasteiger charge is -2.42. The second-order valence-electron chi connectivity index (χ2n) is 11.3. The van der Waals surface area contributed by atoms with Gasteiger partial charge in [-0.05, 0) is 25.8 Å². The molecule has 1 aliphatic carbocycles. The van der Waals surface area contributed by atoms with Crippen molar-refractivity contribution in [2.75, 3.05) is 13.7 Å². The van der Waals surface area contributed by atoms with Gasteiger partial charge in [0.2, 0.25) is 6.29 Å². The van der Waals surface area contributed by atoms with E-state index >= 15 is 0 Å². The van der Waals surface area contributed by atoms with Crippen molar-refractivity contribution in [1.29, 1.82) is 0 Å². The number of carbonyl (C=O) groups is 1. The van der Waals surface area contributed by atoms with Crippen LogP contribution in [0, 0.1) is 5.92 Å². The lowest BCUT2D eigenvalue weighted by molar-refractivity contribution is -0.318. The fourth-order valence-electron chi connectivity index (χ4n) is 5.81. The Bertz CT molecular complexity index is 1190. The van der Waals surface area contributed by atoms with Crippen LogP contribution in [0.25, 0.3) is 0 Å². The van der Waals surface area contributed by atoms with E-state index in [1.165, 1.54) is 20.1 Å². The normalized spacial score (nSPS) is 41.6. The number of rotatable bonds is 7. The van der Waals surface area contributed by atoms with Gasteiger partial charge in [0.05, 0.1) is 12.7 Å². The second kappa shape index (κ2) is 12.8. The number of ether oxygens (including phenoxy) is 6. The molecule has 8 N–H and O–H groups in total. The van der Waals surface area contributed by atoms with Crippen molar-refractivity contribution in [3.8, 4) is 17.2 Å². The third kappa shape index (κ3) is 6.33. The molecule has 3 heterocycles. The van der Waals surface area contributed by atoms with Gasteiger partial charge in [0.1, 0.15) is 83.5 Å². The van der Waals surface area contributed by atoms with Crippen molar-refractivity contribution in [2.45, 2.75) is 99.8 Å². The minimum absolute atomic E-state index is 0.0158. The minimum atomic E-state index is -1.76. The zero-order valence-electron chi connectivity index (χ0n) is 23.5. The number of phenolic OH excluding ortho intramolecular Hbond substituents is 1. The van der Waals surface area contributed by atoms with Gasteiger partial charge >= 0.3 is 0 Å². The largest absolute Gasteiger partial charge is 0.510 e. The van der Waals surface area contributed by atoms with Gasteiger partial charge in [-0.2, -0.15) is 0 Å². The number of carbonyl (C=O) groups excluding carboxylic acids is 1. The Labute approximate surface area is 246 Å². The first kappa shape index (κ1) is 31.8. The van der Waals surface area contributed by atoms with Crippen LogP contribution in [0.2, 0.25) is 0 Å². The van der Waals surface area contributed by atoms with Crippen molar-refractivity contribution in [3.63, 3.8) is 0 Å². The molecule has 0 aromatic heterocycles. The SMILES string of the molecule is CO[C@H]1CC[C@H]([C@H]2CC(=O)c3c(O)cc(O[C@H]4O[C@@H](CO[C@H]5O[C@H](C)[C@@H](O)[C@H](O)[C@@H]5O)[C@H](O)[C@@H](O)[C@@H]4O)cc3O2)C=C1O. The number of aromatic hydroxyl groups is 1. The summed E-state index contributed by atoms with van der Waals surface area (Å²) in [7, 11) is 1.49. The van der Waals surface area contributed by atoms with Crippen LogP contribution in [0.1, 0.15) is 36.5 Å². The third-order valence-corrected chi connectivity index (χ3v) is 8.39. The van der Waals surface area contributed by atoms with Crippen LogP contribution >= 0.6 is 0 Å². The average Bonchev–Trinajstić information content (AvgIpc) is 2.97. The molecule has 240 valence electrons. The molecule has 15 heteroatoms. The van der Waals surface area contributed by atoms with Gasteiger partial charge in [0.25, 0.3) is 0 Å². The first-order valence-electron chi connectivity index (χ1n) is 14.1. The molecule has 3 aliphatic heterocycles. The molecule has 15 nitrogen and oxygen atoms in total. The third-order valence-electron chi connectivity index (χ3n) is 8.39. The summed E-state index contributed by atoms with van der Waals surface area (Å²) in [5.41, 5.74) is -0.0539. The fourth-order valence-corrected chi connectivity index (χ4v) is 5.81. The van der Waals surface area contributed by atoms with E-state index in [1.54, 1.807) is 6.08 Å². The number of hydrogen-bond acceptors (Lipinski definition) is 15. The smallest absolute Gasteiger partial charge is 0.229 e. The summed E-state index contributed by atoms with van der Waals surface area (Å²) in [6.45, 7) is 0.981. The van der Waals surface area contributed by atoms with Gasteiger partial charge in [0, 0.05) is 31.6 Å². The van der Waals surface area contributed by atoms with Crippen molar-refractivity contribution >= 4 is 5.78 Å². The van der Waals surface area contributed by atoms with E-state index in [2.05, 4.69) is 0 Å². The second-order valence-corrected chi connectivity index (χ2v) is 11.3. The molecule has 4 aliphatic rings. The predicted molar refractivity (Wildman–Crippen MR) is 141 cm³/mol. The van der Waals surface area contributed by atoms with E-state index < -0.39 is 86.0 Å². The van der Waals surface area contributed by atoms with Crippen molar-refractivity contribution in [2.24, 2.45) is 5.92 Å². The number of fused-ring (bicyclic) bond motifs is 1. The van der Waals surface area contributed by atoms with Gasteiger partial charge in [-0.3, -0.25) is 4.79 Å². The van der Waals surface area contributed by atoms with E-state index in [-0.39, 0.29) is 40.9 Å². The predicted octanol–water partition coefficient (Wildman–Crippen LogP) is -1.38. The number of methoxy groups -OCH3 is 1. The van der Waals surface area contributed by atoms with Crippen LogP contribution < -0.4 is 9.47 Å². The van der Waals surface area contributed by atoms with Gasteiger partial charge in [-0.15, -0.1) is 0 Å². The van der Waals surface area contributed by atoms with Crippen LogP contribution in [0.3, 0.4) is 0 Å². The molecule has 0 unspecified atom stereocenters. The van der Waals surface area contributed by atoms with Gasteiger partial charge in [0.15, 0.2) is 12.1 Å². The number of aliphatic hydroxyl groups excluding tert-OH is 7. The number of phenols is 1. The number of hydrogen-bond donors (Lipinski definition) is 8. The Morgan fingerprint density at radius 2 is 1.58 bits per heavy atom. The molecule has 0 spiro atoms. The summed E-state index contributed by atoms with van der Waals surface area (Å²) >= 11 is 0. The molecule has 2 fully saturated rings. The van der Waals surface area contributed by atoms with E-state index in [0.29, 0.717) is 12.8 Å². The van der Waals surface area contributed by atoms with Crippen molar-refractivity contribution < 1.29 is 74.1 Å². The van der Waals surface area contributed by atoms with Crippen LogP contribution in [-0.4, -0.2) is 134 Å². The minimum Gasteiger partial charge on any atom is -0.510 e. The number of ketones is 1. The topological polar surface area (TPSA) is 234 Å². The highest BCUT2D eigenvalue weighted by Crippen LogP contribution is 2.42. The number of Topliss-reactive ketones (excluding diaryl/α,β-unsaturated/α-hetero) is 1. The van der Waals surface area contributed by atoms with Crippen LogP contribution in [0.15, 0.2) is 24.0 Å². The Balaban J connectivity index is 1.28. The zero-order valence-corrected chi connectivity index (χ0v) is 23.5. The maximum absolute atomic E-state index is 12.9. The molecule has 2 saturated heterocycles. The number of benzene rings is 1. The molecule has 43 heavy (non-hydrogen) atoms. The molecule has 1 aromatic rings. The maximum atomic E-state index is 12.9. The van der Waals surface area contributed by atoms with Crippen molar-refractivity contribution in [3.05, 3.63) is 29.5 Å². The molecule has 5 rings (SSSR count). The molecule has 0 saturated carbocycles. The van der Waals surface area contributed by atoms with Gasteiger partial charge in [-0.25, -0.2) is 0 Å². The maximum Gasteiger partial charge on any atom is 0.229 e. The highest BCUT2D eigenvalue weighted by atomic mass is 16.7. The Morgan fingerprint density at radius 1 is 0.884 bits per heavy atom. The lowest BCUT2D eigenvalue weighted by atomic mass is 9.84. The molecule has 0 bridgehead atoms. The van der Waals surface area contributed by atoms with Crippen LogP contribution in [-0.2, 0) is 18.9 Å². The highest BCUT2D eigenvalue weighted by Gasteiger charge is 2.47. The zero-order chi connectivity index (χ0) is 31.2. The Morgan fingerprint density at radius 3 is 2.28 bits per heavy atom. The summed E-state index contributed by atoms with van der Waals surface area (Å²) in [6, 6.07) is 2.44. The lowest BCUT2D eigenvalue weighted by Crippen LogP contribution is -2.61. The fraction of sp³-hybridized carbons (Fsp3) is 0.679. The summed E-state index contributed by atoms with van der Waals surface area (Å²) in [4.78, 5) is 12.9. The Kier molecular flexibility index (Phi) is 9.48. The molecular weight excluding hydrogens is 576 g/mol. The summed E-state index contributed by atoms with van der Waals surface area (Å²) in [5.74, 6) is -1.13. The summed E-state index contributed by atoms with van der Waals surface area (Å²) in [6.07, 6.45) is -13.2. The molecule has 1 aromatic carbocycles. The van der Waals surface area contributed by atoms with Crippen LogP contribution in [0.5, 0.6) is 17.2 Å². The highest BCUT2D eigenvalue weighted by molar-refractivity contribution is 6.02. The molecule has 0 radical (unpaired) electrons. The van der Waals surface area contributed by atoms with E-state index in [0.717, 1.165) is 6.07 Å². The monoisotopic (exact) mass is 614 g/mol.